The first-order valence-electron chi connectivity index (χ1n) is 11.2. The number of fused-ring (bicyclic) bond motifs is 1. The molecule has 0 bridgehead atoms. The van der Waals surface area contributed by atoms with E-state index in [-0.39, 0.29) is 6.04 Å². The second-order valence-corrected chi connectivity index (χ2v) is 8.65. The third kappa shape index (κ3) is 4.75. The molecule has 8 heteroatoms. The summed E-state index contributed by atoms with van der Waals surface area (Å²) in [5, 5.41) is 4.74. The van der Waals surface area contributed by atoms with Gasteiger partial charge in [-0.05, 0) is 68.9 Å². The van der Waals surface area contributed by atoms with Crippen molar-refractivity contribution in [3.05, 3.63) is 53.7 Å². The van der Waals surface area contributed by atoms with Gasteiger partial charge in [-0.2, -0.15) is 0 Å². The Morgan fingerprint density at radius 3 is 2.76 bits per heavy atom. The van der Waals surface area contributed by atoms with E-state index in [1.54, 1.807) is 14.0 Å². The first kappa shape index (κ1) is 22.9. The molecule has 1 saturated heterocycles. The van der Waals surface area contributed by atoms with Crippen molar-refractivity contribution >= 4 is 45.6 Å². The largest absolute Gasteiger partial charge is 0.497 e. The van der Waals surface area contributed by atoms with E-state index in [1.165, 1.54) is 11.3 Å². The van der Waals surface area contributed by atoms with Gasteiger partial charge in [0.25, 0.3) is 0 Å². The lowest BCUT2D eigenvalue weighted by Crippen LogP contribution is -2.54. The van der Waals surface area contributed by atoms with E-state index in [0.29, 0.717) is 28.9 Å². The number of hydrogen-bond donors (Lipinski definition) is 2. The van der Waals surface area contributed by atoms with Gasteiger partial charge in [-0.3, -0.25) is 0 Å². The molecule has 33 heavy (non-hydrogen) atoms. The van der Waals surface area contributed by atoms with Crippen LogP contribution in [0.3, 0.4) is 0 Å². The standard InChI is InChI=1S/C25H30N4O3S/c1-5-32-24(30)23-22(20-14-19(31-4)9-10-21(20)26-23)27-25(33)28-11-12-29(17(3)15-28)18-8-6-7-16(2)13-18/h6-10,13-14,17,26H,5,11-12,15H2,1-4H3,(H,27,33)/t17-/m0/s1. The first-order chi connectivity index (χ1) is 15.9. The summed E-state index contributed by atoms with van der Waals surface area (Å²) in [7, 11) is 1.62. The Labute approximate surface area is 199 Å². The highest BCUT2D eigenvalue weighted by Gasteiger charge is 2.27. The van der Waals surface area contributed by atoms with Gasteiger partial charge >= 0.3 is 5.97 Å². The zero-order valence-electron chi connectivity index (χ0n) is 19.5. The Kier molecular flexibility index (Phi) is 6.74. The number of anilines is 2. The van der Waals surface area contributed by atoms with E-state index in [0.717, 1.165) is 30.5 Å². The third-order valence-electron chi connectivity index (χ3n) is 5.97. The second kappa shape index (κ2) is 9.70. The first-order valence-corrected chi connectivity index (χ1v) is 11.6. The molecule has 0 radical (unpaired) electrons. The molecule has 0 saturated carbocycles. The number of aromatic amines is 1. The number of nitrogens with one attached hydrogen (secondary N) is 2. The number of carbonyl (C=O) groups excluding carboxylic acids is 1. The minimum absolute atomic E-state index is 0.285. The number of rotatable bonds is 5. The maximum atomic E-state index is 12.6. The topological polar surface area (TPSA) is 69.8 Å². The summed E-state index contributed by atoms with van der Waals surface area (Å²) in [5.41, 5.74) is 4.26. The van der Waals surface area contributed by atoms with Crippen LogP contribution in [0.5, 0.6) is 5.75 Å². The smallest absolute Gasteiger partial charge is 0.356 e. The van der Waals surface area contributed by atoms with E-state index in [9.17, 15) is 4.79 Å². The van der Waals surface area contributed by atoms with Gasteiger partial charge < -0.3 is 29.6 Å². The minimum atomic E-state index is -0.421. The number of aryl methyl sites for hydroxylation is 1. The Bertz CT molecular complexity index is 1180. The molecule has 0 amide bonds. The SMILES string of the molecule is CCOC(=O)c1[nH]c2ccc(OC)cc2c1NC(=S)N1CCN(c2cccc(C)c2)[C@@H](C)C1. The number of ether oxygens (including phenoxy) is 2. The normalized spacial score (nSPS) is 16.1. The van der Waals surface area contributed by atoms with Crippen molar-refractivity contribution in [2.45, 2.75) is 26.8 Å². The van der Waals surface area contributed by atoms with Crippen LogP contribution in [0.4, 0.5) is 11.4 Å². The summed E-state index contributed by atoms with van der Waals surface area (Å²) < 4.78 is 10.7. The summed E-state index contributed by atoms with van der Waals surface area (Å²) in [6.45, 7) is 8.82. The van der Waals surface area contributed by atoms with E-state index >= 15 is 0 Å². The number of thiocarbonyl (C=S) groups is 1. The van der Waals surface area contributed by atoms with Gasteiger partial charge in [-0.25, -0.2) is 4.79 Å². The zero-order valence-corrected chi connectivity index (χ0v) is 20.3. The van der Waals surface area contributed by atoms with Gasteiger partial charge in [0.1, 0.15) is 11.4 Å². The summed E-state index contributed by atoms with van der Waals surface area (Å²) >= 11 is 5.79. The van der Waals surface area contributed by atoms with Crippen LogP contribution >= 0.6 is 12.2 Å². The molecule has 2 heterocycles. The van der Waals surface area contributed by atoms with Crippen molar-refractivity contribution in [2.75, 3.05) is 43.6 Å². The predicted molar refractivity (Wildman–Crippen MR) is 137 cm³/mol. The average Bonchev–Trinajstić information content (AvgIpc) is 3.16. The number of methoxy groups -OCH3 is 1. The maximum absolute atomic E-state index is 12.6. The summed E-state index contributed by atoms with van der Waals surface area (Å²) in [6.07, 6.45) is 0. The van der Waals surface area contributed by atoms with Gasteiger partial charge in [-0.1, -0.05) is 12.1 Å². The fourth-order valence-electron chi connectivity index (χ4n) is 4.30. The Morgan fingerprint density at radius 1 is 1.24 bits per heavy atom. The molecule has 2 N–H and O–H groups in total. The molecule has 1 fully saturated rings. The molecule has 0 unspecified atom stereocenters. The van der Waals surface area contributed by atoms with Crippen LogP contribution < -0.4 is 15.0 Å². The lowest BCUT2D eigenvalue weighted by Gasteiger charge is -2.42. The van der Waals surface area contributed by atoms with Gasteiger partial charge in [0.05, 0.1) is 19.4 Å². The highest BCUT2D eigenvalue weighted by atomic mass is 32.1. The molecule has 1 atom stereocenters. The van der Waals surface area contributed by atoms with Crippen LogP contribution in [0.2, 0.25) is 0 Å². The second-order valence-electron chi connectivity index (χ2n) is 8.26. The quantitative estimate of drug-likeness (QED) is 0.422. The Morgan fingerprint density at radius 2 is 2.06 bits per heavy atom. The summed E-state index contributed by atoms with van der Waals surface area (Å²) in [4.78, 5) is 20.4. The molecule has 7 nitrogen and oxygen atoms in total. The van der Waals surface area contributed by atoms with Crippen molar-refractivity contribution in [1.82, 2.24) is 9.88 Å². The lowest BCUT2D eigenvalue weighted by molar-refractivity contribution is 0.0522. The number of H-pyrrole nitrogens is 1. The predicted octanol–water partition coefficient (Wildman–Crippen LogP) is 4.57. The van der Waals surface area contributed by atoms with Gasteiger partial charge in [0.15, 0.2) is 5.11 Å². The van der Waals surface area contributed by atoms with Crippen molar-refractivity contribution in [2.24, 2.45) is 0 Å². The highest BCUT2D eigenvalue weighted by molar-refractivity contribution is 7.80. The number of benzene rings is 2. The number of esters is 1. The fraction of sp³-hybridized carbons (Fsp3) is 0.360. The minimum Gasteiger partial charge on any atom is -0.497 e. The molecular formula is C25H30N4O3S. The van der Waals surface area contributed by atoms with Crippen LogP contribution in [-0.2, 0) is 4.74 Å². The molecule has 0 spiro atoms. The monoisotopic (exact) mass is 466 g/mol. The van der Waals surface area contributed by atoms with Crippen LogP contribution in [0.15, 0.2) is 42.5 Å². The number of carbonyl (C=O) groups is 1. The Balaban J connectivity index is 1.56. The summed E-state index contributed by atoms with van der Waals surface area (Å²) in [6, 6.07) is 14.5. The van der Waals surface area contributed by atoms with E-state index in [4.69, 9.17) is 21.7 Å². The molecule has 4 rings (SSSR count). The molecule has 1 aliphatic heterocycles. The molecule has 3 aromatic rings. The van der Waals surface area contributed by atoms with Crippen LogP contribution in [0.1, 0.15) is 29.9 Å². The fourth-order valence-corrected chi connectivity index (χ4v) is 4.57. The molecule has 0 aliphatic carbocycles. The van der Waals surface area contributed by atoms with Gasteiger partial charge in [0, 0.05) is 42.3 Å². The number of nitrogens with zero attached hydrogens (tertiary/aromatic N) is 2. The molecular weight excluding hydrogens is 436 g/mol. The maximum Gasteiger partial charge on any atom is 0.356 e. The van der Waals surface area contributed by atoms with Gasteiger partial charge in [0.2, 0.25) is 0 Å². The average molecular weight is 467 g/mol. The molecule has 1 aliphatic rings. The zero-order chi connectivity index (χ0) is 23.5. The number of piperazine rings is 1. The van der Waals surface area contributed by atoms with Crippen LogP contribution in [0.25, 0.3) is 10.9 Å². The van der Waals surface area contributed by atoms with E-state index in [2.05, 4.69) is 58.2 Å². The van der Waals surface area contributed by atoms with Crippen molar-refractivity contribution in [3.8, 4) is 5.75 Å². The molecule has 174 valence electrons. The number of hydrogen-bond acceptors (Lipinski definition) is 5. The van der Waals surface area contributed by atoms with Crippen molar-refractivity contribution in [1.29, 1.82) is 0 Å². The lowest BCUT2D eigenvalue weighted by atomic mass is 10.1. The number of aromatic nitrogens is 1. The van der Waals surface area contributed by atoms with Crippen molar-refractivity contribution < 1.29 is 14.3 Å². The van der Waals surface area contributed by atoms with E-state index in [1.807, 2.05) is 18.2 Å². The third-order valence-corrected chi connectivity index (χ3v) is 6.33. The van der Waals surface area contributed by atoms with E-state index < -0.39 is 5.97 Å². The summed E-state index contributed by atoms with van der Waals surface area (Å²) in [5.74, 6) is 0.280. The van der Waals surface area contributed by atoms with Crippen LogP contribution in [0, 0.1) is 6.92 Å². The Hall–Kier alpha value is -3.26. The molecule has 1 aromatic heterocycles. The van der Waals surface area contributed by atoms with Gasteiger partial charge in [-0.15, -0.1) is 0 Å². The van der Waals surface area contributed by atoms with Crippen LogP contribution in [-0.4, -0.2) is 60.4 Å². The highest BCUT2D eigenvalue weighted by Crippen LogP contribution is 2.32. The molecule has 2 aromatic carbocycles. The van der Waals surface area contributed by atoms with Crippen molar-refractivity contribution in [3.63, 3.8) is 0 Å².